The normalized spacial score (nSPS) is 20.9. The van der Waals surface area contributed by atoms with Crippen molar-refractivity contribution in [1.29, 1.82) is 0 Å². The highest BCUT2D eigenvalue weighted by Crippen LogP contribution is 2.22. The summed E-state index contributed by atoms with van der Waals surface area (Å²) in [6.45, 7) is 3.60. The topological polar surface area (TPSA) is 52.6 Å². The Bertz CT molecular complexity index is 420. The molecule has 1 atom stereocenters. The molecule has 0 spiro atoms. The van der Waals surface area contributed by atoms with E-state index in [1.807, 2.05) is 36.1 Å². The van der Waals surface area contributed by atoms with E-state index in [1.54, 1.807) is 0 Å². The molecule has 0 radical (unpaired) electrons. The third-order valence-electron chi connectivity index (χ3n) is 3.34. The van der Waals surface area contributed by atoms with Crippen LogP contribution >= 0.6 is 0 Å². The number of aliphatic hydroxyl groups excluding tert-OH is 1. The van der Waals surface area contributed by atoms with Crippen molar-refractivity contribution in [2.75, 3.05) is 24.6 Å². The van der Waals surface area contributed by atoms with Gasteiger partial charge in [0.05, 0.1) is 6.04 Å². The summed E-state index contributed by atoms with van der Waals surface area (Å²) >= 11 is 0. The van der Waals surface area contributed by atoms with Crippen LogP contribution in [-0.4, -0.2) is 36.8 Å². The van der Waals surface area contributed by atoms with Crippen LogP contribution < -0.4 is 10.2 Å². The second-order valence-electron chi connectivity index (χ2n) is 4.65. The van der Waals surface area contributed by atoms with E-state index in [2.05, 4.69) is 5.32 Å². The van der Waals surface area contributed by atoms with Gasteiger partial charge in [0.25, 0.3) is 0 Å². The standard InChI is InChI=1S/C14H20N2O2/c1-11-5-2-3-6-13(11)16-9-4-8-15-12(7-10-17)14(16)18/h2-3,5-6,12,15,17H,4,7-10H2,1H3. The Kier molecular flexibility index (Phi) is 4.33. The molecule has 1 amide bonds. The van der Waals surface area contributed by atoms with Gasteiger partial charge in [-0.15, -0.1) is 0 Å². The first-order valence-electron chi connectivity index (χ1n) is 6.45. The number of benzene rings is 1. The van der Waals surface area contributed by atoms with Gasteiger partial charge in [0.2, 0.25) is 5.91 Å². The molecule has 0 bridgehead atoms. The number of anilines is 1. The Morgan fingerprint density at radius 1 is 1.44 bits per heavy atom. The molecule has 2 N–H and O–H groups in total. The molecule has 1 unspecified atom stereocenters. The number of carbonyl (C=O) groups is 1. The number of para-hydroxylation sites is 1. The van der Waals surface area contributed by atoms with Crippen molar-refractivity contribution in [2.45, 2.75) is 25.8 Å². The third-order valence-corrected chi connectivity index (χ3v) is 3.34. The summed E-state index contributed by atoms with van der Waals surface area (Å²) in [5.74, 6) is 0.0656. The van der Waals surface area contributed by atoms with E-state index in [-0.39, 0.29) is 18.6 Å². The number of nitrogens with one attached hydrogen (secondary N) is 1. The fraction of sp³-hybridized carbons (Fsp3) is 0.500. The van der Waals surface area contributed by atoms with Gasteiger partial charge in [0, 0.05) is 18.8 Å². The predicted molar refractivity (Wildman–Crippen MR) is 71.6 cm³/mol. The van der Waals surface area contributed by atoms with Crippen molar-refractivity contribution in [3.05, 3.63) is 29.8 Å². The minimum atomic E-state index is -0.267. The Morgan fingerprint density at radius 3 is 2.94 bits per heavy atom. The van der Waals surface area contributed by atoms with Crippen LogP contribution in [0.3, 0.4) is 0 Å². The SMILES string of the molecule is Cc1ccccc1N1CCCNC(CCO)C1=O. The van der Waals surface area contributed by atoms with E-state index in [0.717, 1.165) is 30.8 Å². The van der Waals surface area contributed by atoms with Crippen LogP contribution in [-0.2, 0) is 4.79 Å². The largest absolute Gasteiger partial charge is 0.396 e. The Morgan fingerprint density at radius 2 is 2.22 bits per heavy atom. The average Bonchev–Trinajstić information content (AvgIpc) is 2.54. The average molecular weight is 248 g/mol. The maximum atomic E-state index is 12.4. The lowest BCUT2D eigenvalue weighted by Gasteiger charge is -2.25. The highest BCUT2D eigenvalue weighted by Gasteiger charge is 2.27. The molecule has 1 fully saturated rings. The molecule has 4 heteroatoms. The van der Waals surface area contributed by atoms with Crippen LogP contribution in [0.15, 0.2) is 24.3 Å². The first-order chi connectivity index (χ1) is 8.74. The molecule has 0 aromatic heterocycles. The first kappa shape index (κ1) is 13.1. The fourth-order valence-electron chi connectivity index (χ4n) is 2.36. The second kappa shape index (κ2) is 5.98. The molecule has 1 aromatic rings. The number of hydrogen-bond acceptors (Lipinski definition) is 3. The van der Waals surface area contributed by atoms with Crippen molar-refractivity contribution < 1.29 is 9.90 Å². The van der Waals surface area contributed by atoms with Gasteiger partial charge in [-0.05, 0) is 37.9 Å². The summed E-state index contributed by atoms with van der Waals surface area (Å²) < 4.78 is 0. The van der Waals surface area contributed by atoms with Crippen molar-refractivity contribution in [1.82, 2.24) is 5.32 Å². The lowest BCUT2D eigenvalue weighted by Crippen LogP contribution is -2.44. The molecule has 1 aliphatic rings. The third kappa shape index (κ3) is 2.71. The highest BCUT2D eigenvalue weighted by molar-refractivity contribution is 5.98. The van der Waals surface area contributed by atoms with Gasteiger partial charge in [-0.2, -0.15) is 0 Å². The molecule has 1 heterocycles. The van der Waals surface area contributed by atoms with Crippen LogP contribution in [0.25, 0.3) is 0 Å². The van der Waals surface area contributed by atoms with Crippen molar-refractivity contribution in [3.8, 4) is 0 Å². The van der Waals surface area contributed by atoms with Crippen molar-refractivity contribution in [2.24, 2.45) is 0 Å². The van der Waals surface area contributed by atoms with Gasteiger partial charge in [0.1, 0.15) is 0 Å². The number of aryl methyl sites for hydroxylation is 1. The molecule has 1 saturated heterocycles. The zero-order valence-electron chi connectivity index (χ0n) is 10.7. The van der Waals surface area contributed by atoms with Crippen LogP contribution in [0.4, 0.5) is 5.69 Å². The molecule has 0 saturated carbocycles. The Hall–Kier alpha value is -1.39. The van der Waals surface area contributed by atoms with Crippen LogP contribution in [0.5, 0.6) is 0 Å². The fourth-order valence-corrected chi connectivity index (χ4v) is 2.36. The zero-order valence-corrected chi connectivity index (χ0v) is 10.7. The van der Waals surface area contributed by atoms with Crippen LogP contribution in [0.1, 0.15) is 18.4 Å². The van der Waals surface area contributed by atoms with Gasteiger partial charge in [0.15, 0.2) is 0 Å². The van der Waals surface area contributed by atoms with E-state index in [0.29, 0.717) is 6.42 Å². The van der Waals surface area contributed by atoms with Gasteiger partial charge in [-0.1, -0.05) is 18.2 Å². The van der Waals surface area contributed by atoms with Gasteiger partial charge < -0.3 is 15.3 Å². The Labute approximate surface area is 108 Å². The van der Waals surface area contributed by atoms with Gasteiger partial charge >= 0.3 is 0 Å². The summed E-state index contributed by atoms with van der Waals surface area (Å²) in [4.78, 5) is 14.3. The molecular weight excluding hydrogens is 228 g/mol. The van der Waals surface area contributed by atoms with E-state index < -0.39 is 0 Å². The minimum Gasteiger partial charge on any atom is -0.396 e. The van der Waals surface area contributed by atoms with E-state index in [9.17, 15) is 4.79 Å². The highest BCUT2D eigenvalue weighted by atomic mass is 16.3. The maximum absolute atomic E-state index is 12.4. The number of nitrogens with zero attached hydrogens (tertiary/aromatic N) is 1. The number of carbonyl (C=O) groups excluding carboxylic acids is 1. The maximum Gasteiger partial charge on any atom is 0.244 e. The molecule has 2 rings (SSSR count). The number of rotatable bonds is 3. The quantitative estimate of drug-likeness (QED) is 0.841. The van der Waals surface area contributed by atoms with E-state index in [1.165, 1.54) is 0 Å². The lowest BCUT2D eigenvalue weighted by molar-refractivity contribution is -0.120. The molecule has 0 aliphatic carbocycles. The minimum absolute atomic E-state index is 0.0328. The summed E-state index contributed by atoms with van der Waals surface area (Å²) in [6.07, 6.45) is 1.41. The molecule has 4 nitrogen and oxygen atoms in total. The van der Waals surface area contributed by atoms with Crippen molar-refractivity contribution >= 4 is 11.6 Å². The summed E-state index contributed by atoms with van der Waals surface area (Å²) in [7, 11) is 0. The molecule has 1 aliphatic heterocycles. The summed E-state index contributed by atoms with van der Waals surface area (Å²) in [5, 5.41) is 12.2. The zero-order chi connectivity index (χ0) is 13.0. The molecule has 18 heavy (non-hydrogen) atoms. The summed E-state index contributed by atoms with van der Waals surface area (Å²) in [5.41, 5.74) is 2.09. The number of aliphatic hydroxyl groups is 1. The van der Waals surface area contributed by atoms with Gasteiger partial charge in [-0.25, -0.2) is 0 Å². The second-order valence-corrected chi connectivity index (χ2v) is 4.65. The van der Waals surface area contributed by atoms with Crippen LogP contribution in [0.2, 0.25) is 0 Å². The van der Waals surface area contributed by atoms with Gasteiger partial charge in [-0.3, -0.25) is 4.79 Å². The predicted octanol–water partition coefficient (Wildman–Crippen LogP) is 1.07. The number of hydrogen-bond donors (Lipinski definition) is 2. The van der Waals surface area contributed by atoms with Crippen LogP contribution in [0, 0.1) is 6.92 Å². The summed E-state index contributed by atoms with van der Waals surface area (Å²) in [6, 6.07) is 7.66. The monoisotopic (exact) mass is 248 g/mol. The first-order valence-corrected chi connectivity index (χ1v) is 6.45. The molecule has 98 valence electrons. The lowest BCUT2D eigenvalue weighted by atomic mass is 10.1. The van der Waals surface area contributed by atoms with E-state index >= 15 is 0 Å². The molecular formula is C14H20N2O2. The van der Waals surface area contributed by atoms with E-state index in [4.69, 9.17) is 5.11 Å². The number of amides is 1. The van der Waals surface area contributed by atoms with Crippen molar-refractivity contribution in [3.63, 3.8) is 0 Å². The molecule has 1 aromatic carbocycles. The smallest absolute Gasteiger partial charge is 0.244 e. The Balaban J connectivity index is 2.25.